The Kier molecular flexibility index (Phi) is 5.94. The molecule has 1 unspecified atom stereocenters. The Morgan fingerprint density at radius 2 is 1.69 bits per heavy atom. The molecule has 2 amide bonds. The van der Waals surface area contributed by atoms with Crippen molar-refractivity contribution in [3.8, 4) is 5.75 Å². The van der Waals surface area contributed by atoms with E-state index in [1.54, 1.807) is 18.2 Å². The number of benzene rings is 1. The maximum Gasteiger partial charge on any atom is 0.281 e. The van der Waals surface area contributed by atoms with E-state index < -0.39 is 35.2 Å². The van der Waals surface area contributed by atoms with Crippen LogP contribution in [0.1, 0.15) is 77.9 Å². The number of ether oxygens (including phenoxy) is 1. The first-order valence-corrected chi connectivity index (χ1v) is 11.8. The fourth-order valence-corrected chi connectivity index (χ4v) is 5.39. The van der Waals surface area contributed by atoms with Crippen LogP contribution in [0, 0.1) is 0 Å². The van der Waals surface area contributed by atoms with Crippen molar-refractivity contribution in [3.63, 3.8) is 0 Å². The molecule has 35 heavy (non-hydrogen) atoms. The lowest BCUT2D eigenvalue weighted by molar-refractivity contribution is -0.132. The molecule has 6 rings (SSSR count). The number of halogens is 3. The summed E-state index contributed by atoms with van der Waals surface area (Å²) >= 11 is 5.96. The molecule has 2 N–H and O–H groups in total. The van der Waals surface area contributed by atoms with Crippen molar-refractivity contribution < 1.29 is 27.9 Å². The summed E-state index contributed by atoms with van der Waals surface area (Å²) < 4.78 is 31.2. The summed E-state index contributed by atoms with van der Waals surface area (Å²) in [6.45, 7) is 0. The second-order valence-corrected chi connectivity index (χ2v) is 9.94. The monoisotopic (exact) mass is 504 g/mol. The van der Waals surface area contributed by atoms with Crippen LogP contribution in [0.3, 0.4) is 0 Å². The maximum atomic E-state index is 13.0. The number of aromatic nitrogens is 2. The maximum absolute atomic E-state index is 13.0. The van der Waals surface area contributed by atoms with Gasteiger partial charge in [-0.25, -0.2) is 13.8 Å². The zero-order chi connectivity index (χ0) is 24.8. The zero-order valence-corrected chi connectivity index (χ0v) is 19.4. The quantitative estimate of drug-likeness (QED) is 0.641. The van der Waals surface area contributed by atoms with Crippen LogP contribution in [0.2, 0.25) is 5.02 Å². The van der Waals surface area contributed by atoms with Gasteiger partial charge >= 0.3 is 0 Å². The summed E-state index contributed by atoms with van der Waals surface area (Å²) in [6, 6.07) is 4.75. The third-order valence-electron chi connectivity index (χ3n) is 7.32. The number of alkyl halides is 2. The standard InChI is InChI=1S/C24H23ClF2N4O4/c25-13-1-2-18-14(9-13)17(32)10-19(35-18)22(34)31-24-6-3-23(4-7-24,5-8-24)30-21(33)16-12-28-15(11-29-16)20(26)27/h1-2,9,11-12,19-20H,3-8,10H2,(H,30,33)(H,31,34). The summed E-state index contributed by atoms with van der Waals surface area (Å²) in [7, 11) is 0. The Morgan fingerprint density at radius 3 is 2.29 bits per heavy atom. The number of carbonyl (C=O) groups is 3. The lowest BCUT2D eigenvalue weighted by Gasteiger charge is -2.54. The Bertz CT molecular complexity index is 1170. The lowest BCUT2D eigenvalue weighted by atomic mass is 9.61. The molecule has 1 aliphatic heterocycles. The summed E-state index contributed by atoms with van der Waals surface area (Å²) in [5.41, 5.74) is -0.979. The Balaban J connectivity index is 1.19. The van der Waals surface area contributed by atoms with Gasteiger partial charge in [-0.2, -0.15) is 0 Å². The van der Waals surface area contributed by atoms with E-state index in [1.165, 1.54) is 0 Å². The van der Waals surface area contributed by atoms with Gasteiger partial charge in [0.15, 0.2) is 11.9 Å². The molecule has 11 heteroatoms. The molecule has 2 heterocycles. The second-order valence-electron chi connectivity index (χ2n) is 9.51. The van der Waals surface area contributed by atoms with Crippen molar-refractivity contribution in [3.05, 3.63) is 52.6 Å². The minimum Gasteiger partial charge on any atom is -0.479 e. The highest BCUT2D eigenvalue weighted by Gasteiger charge is 2.51. The van der Waals surface area contributed by atoms with Crippen molar-refractivity contribution >= 4 is 29.2 Å². The fourth-order valence-electron chi connectivity index (χ4n) is 5.22. The van der Waals surface area contributed by atoms with Crippen LogP contribution in [0.15, 0.2) is 30.6 Å². The molecule has 3 aliphatic carbocycles. The van der Waals surface area contributed by atoms with Gasteiger partial charge in [-0.15, -0.1) is 0 Å². The number of nitrogens with zero attached hydrogens (tertiary/aromatic N) is 2. The van der Waals surface area contributed by atoms with Gasteiger partial charge in [0.1, 0.15) is 17.1 Å². The minimum absolute atomic E-state index is 0.0137. The van der Waals surface area contributed by atoms with Gasteiger partial charge < -0.3 is 15.4 Å². The van der Waals surface area contributed by atoms with Crippen LogP contribution >= 0.6 is 11.6 Å². The van der Waals surface area contributed by atoms with Gasteiger partial charge in [0.05, 0.1) is 24.4 Å². The number of hydrogen-bond donors (Lipinski definition) is 2. The molecule has 0 saturated heterocycles. The van der Waals surface area contributed by atoms with Gasteiger partial charge in [-0.3, -0.25) is 19.4 Å². The first-order valence-electron chi connectivity index (χ1n) is 11.4. The normalized spacial score (nSPS) is 27.2. The Labute approximate surface area is 204 Å². The van der Waals surface area contributed by atoms with E-state index in [9.17, 15) is 23.2 Å². The van der Waals surface area contributed by atoms with Crippen molar-refractivity contribution in [1.82, 2.24) is 20.6 Å². The molecule has 184 valence electrons. The van der Waals surface area contributed by atoms with Gasteiger partial charge in [0.25, 0.3) is 18.2 Å². The molecule has 3 saturated carbocycles. The second kappa shape index (κ2) is 8.82. The molecule has 0 radical (unpaired) electrons. The number of carbonyl (C=O) groups excluding carboxylic acids is 3. The largest absolute Gasteiger partial charge is 0.479 e. The molecule has 2 aromatic rings. The molecule has 1 aromatic carbocycles. The molecule has 0 spiro atoms. The molecule has 3 fully saturated rings. The Hall–Kier alpha value is -3.14. The first-order chi connectivity index (χ1) is 16.7. The predicted molar refractivity (Wildman–Crippen MR) is 121 cm³/mol. The number of Topliss-reactive ketones (excluding diaryl/α,β-unsaturated/α-hetero) is 1. The molecule has 1 aromatic heterocycles. The number of rotatable bonds is 5. The Morgan fingerprint density at radius 1 is 1.03 bits per heavy atom. The van der Waals surface area contributed by atoms with Gasteiger partial charge in [0, 0.05) is 16.1 Å². The molecule has 1 atom stereocenters. The van der Waals surface area contributed by atoms with Crippen LogP contribution < -0.4 is 15.4 Å². The highest BCUT2D eigenvalue weighted by atomic mass is 35.5. The number of fused-ring (bicyclic) bond motifs is 4. The summed E-state index contributed by atoms with van der Waals surface area (Å²) in [6.07, 6.45) is 2.16. The van der Waals surface area contributed by atoms with Crippen molar-refractivity contribution in [2.75, 3.05) is 0 Å². The lowest BCUT2D eigenvalue weighted by Crippen LogP contribution is -2.65. The van der Waals surface area contributed by atoms with Crippen LogP contribution in [-0.4, -0.2) is 44.7 Å². The number of ketones is 1. The highest BCUT2D eigenvalue weighted by Crippen LogP contribution is 2.47. The third kappa shape index (κ3) is 4.59. The summed E-state index contributed by atoms with van der Waals surface area (Å²) in [4.78, 5) is 45.6. The summed E-state index contributed by atoms with van der Waals surface area (Å²) in [5.74, 6) is -0.622. The van der Waals surface area contributed by atoms with Gasteiger partial charge in [-0.1, -0.05) is 11.6 Å². The number of hydrogen-bond acceptors (Lipinski definition) is 6. The van der Waals surface area contributed by atoms with Gasteiger partial charge in [-0.05, 0) is 56.7 Å². The van der Waals surface area contributed by atoms with Crippen LogP contribution in [0.5, 0.6) is 5.75 Å². The van der Waals surface area contributed by atoms with E-state index in [0.29, 0.717) is 54.9 Å². The molecular formula is C24H23ClF2N4O4. The van der Waals surface area contributed by atoms with E-state index in [4.69, 9.17) is 16.3 Å². The van der Waals surface area contributed by atoms with Crippen molar-refractivity contribution in [2.45, 2.75) is 68.6 Å². The topological polar surface area (TPSA) is 110 Å². The highest BCUT2D eigenvalue weighted by molar-refractivity contribution is 6.31. The van der Waals surface area contributed by atoms with Crippen molar-refractivity contribution in [1.29, 1.82) is 0 Å². The smallest absolute Gasteiger partial charge is 0.281 e. The third-order valence-corrected chi connectivity index (χ3v) is 7.55. The van der Waals surface area contributed by atoms with Crippen LogP contribution in [0.25, 0.3) is 0 Å². The van der Waals surface area contributed by atoms with E-state index in [0.717, 1.165) is 12.4 Å². The van der Waals surface area contributed by atoms with Gasteiger partial charge in [0.2, 0.25) is 0 Å². The molecular weight excluding hydrogens is 482 g/mol. The fraction of sp³-hybridized carbons (Fsp3) is 0.458. The van der Waals surface area contributed by atoms with E-state index >= 15 is 0 Å². The number of amides is 2. The average Bonchev–Trinajstić information content (AvgIpc) is 2.85. The molecule has 8 nitrogen and oxygen atoms in total. The molecule has 2 bridgehead atoms. The van der Waals surface area contributed by atoms with E-state index in [2.05, 4.69) is 20.6 Å². The average molecular weight is 505 g/mol. The van der Waals surface area contributed by atoms with E-state index in [1.807, 2.05) is 0 Å². The van der Waals surface area contributed by atoms with Crippen LogP contribution in [-0.2, 0) is 4.79 Å². The minimum atomic E-state index is -2.75. The summed E-state index contributed by atoms with van der Waals surface area (Å²) in [5, 5.41) is 6.57. The predicted octanol–water partition coefficient (Wildman–Crippen LogP) is 3.79. The van der Waals surface area contributed by atoms with E-state index in [-0.39, 0.29) is 23.8 Å². The molecule has 4 aliphatic rings. The SMILES string of the molecule is O=C(NC12CCC(NC(=O)C3CC(=O)c4cc(Cl)ccc4O3)(CC1)CC2)c1cnc(C(F)F)cn1. The van der Waals surface area contributed by atoms with Crippen molar-refractivity contribution in [2.24, 2.45) is 0 Å². The number of nitrogens with one attached hydrogen (secondary N) is 2. The zero-order valence-electron chi connectivity index (χ0n) is 18.7. The first kappa shape index (κ1) is 23.6. The van der Waals surface area contributed by atoms with Crippen LogP contribution in [0.4, 0.5) is 8.78 Å².